The number of nitrogens with one attached hydrogen (secondary N) is 3. The lowest BCUT2D eigenvalue weighted by Gasteiger charge is -2.15. The van der Waals surface area contributed by atoms with E-state index in [1.807, 2.05) is 6.92 Å². The van der Waals surface area contributed by atoms with E-state index in [2.05, 4.69) is 20.9 Å². The fraction of sp³-hybridized carbons (Fsp3) is 0.400. The van der Waals surface area contributed by atoms with Crippen molar-refractivity contribution in [3.63, 3.8) is 0 Å². The molecule has 7 nitrogen and oxygen atoms in total. The molecule has 1 aliphatic heterocycles. The number of aliphatic imine (C=N–C) groups is 1. The summed E-state index contributed by atoms with van der Waals surface area (Å²) >= 11 is 0. The second-order valence-corrected chi connectivity index (χ2v) is 4.95. The maximum atomic E-state index is 12.9. The zero-order chi connectivity index (χ0) is 16.7. The zero-order valence-electron chi connectivity index (χ0n) is 13.3. The first-order valence-corrected chi connectivity index (χ1v) is 7.45. The quantitative estimate of drug-likeness (QED) is 0.263. The van der Waals surface area contributed by atoms with Crippen LogP contribution in [0.3, 0.4) is 0 Å². The Labute approximate surface area is 157 Å². The molecule has 0 aliphatic carbocycles. The van der Waals surface area contributed by atoms with E-state index in [0.717, 1.165) is 10.5 Å². The van der Waals surface area contributed by atoms with Gasteiger partial charge in [0.2, 0.25) is 5.91 Å². The summed E-state index contributed by atoms with van der Waals surface area (Å²) in [7, 11) is 0. The van der Waals surface area contributed by atoms with Gasteiger partial charge in [0.05, 0.1) is 13.1 Å². The molecule has 0 aromatic heterocycles. The molecule has 1 saturated heterocycles. The SMILES string of the molecule is CCNC(=NCc1ccc(F)cc1)NCCN1C(=O)CNC1=O.I. The van der Waals surface area contributed by atoms with Gasteiger partial charge in [-0.05, 0) is 24.6 Å². The van der Waals surface area contributed by atoms with Gasteiger partial charge in [0, 0.05) is 19.6 Å². The fourth-order valence-electron chi connectivity index (χ4n) is 2.07. The van der Waals surface area contributed by atoms with E-state index >= 15 is 0 Å². The minimum atomic E-state index is -0.370. The molecule has 132 valence electrons. The van der Waals surface area contributed by atoms with Gasteiger partial charge in [-0.2, -0.15) is 0 Å². The van der Waals surface area contributed by atoms with E-state index in [4.69, 9.17) is 0 Å². The number of nitrogens with zero attached hydrogens (tertiary/aromatic N) is 2. The molecular weight excluding hydrogens is 428 g/mol. The van der Waals surface area contributed by atoms with E-state index < -0.39 is 0 Å². The zero-order valence-corrected chi connectivity index (χ0v) is 15.7. The van der Waals surface area contributed by atoms with Crippen LogP contribution >= 0.6 is 24.0 Å². The topological polar surface area (TPSA) is 85.8 Å². The molecule has 0 spiro atoms. The van der Waals surface area contributed by atoms with Crippen LogP contribution in [0.2, 0.25) is 0 Å². The number of carbonyl (C=O) groups is 2. The van der Waals surface area contributed by atoms with Crippen molar-refractivity contribution in [3.8, 4) is 0 Å². The molecule has 0 atom stereocenters. The summed E-state index contributed by atoms with van der Waals surface area (Å²) in [5.41, 5.74) is 0.887. The van der Waals surface area contributed by atoms with E-state index in [0.29, 0.717) is 25.6 Å². The lowest BCUT2D eigenvalue weighted by Crippen LogP contribution is -2.43. The molecule has 3 amide bonds. The van der Waals surface area contributed by atoms with E-state index in [1.165, 1.54) is 12.1 Å². The number of halogens is 2. The average molecular weight is 449 g/mol. The van der Waals surface area contributed by atoms with Crippen molar-refractivity contribution in [1.82, 2.24) is 20.9 Å². The van der Waals surface area contributed by atoms with Gasteiger partial charge in [-0.15, -0.1) is 24.0 Å². The van der Waals surface area contributed by atoms with Gasteiger partial charge < -0.3 is 16.0 Å². The van der Waals surface area contributed by atoms with E-state index in [9.17, 15) is 14.0 Å². The first-order chi connectivity index (χ1) is 11.1. The van der Waals surface area contributed by atoms with Gasteiger partial charge >= 0.3 is 6.03 Å². The molecule has 9 heteroatoms. The van der Waals surface area contributed by atoms with Gasteiger partial charge in [-0.3, -0.25) is 9.69 Å². The van der Waals surface area contributed by atoms with Crippen LogP contribution in [0.5, 0.6) is 0 Å². The molecule has 1 aromatic rings. The Morgan fingerprint density at radius 2 is 2.00 bits per heavy atom. The second-order valence-electron chi connectivity index (χ2n) is 4.95. The van der Waals surface area contributed by atoms with Crippen LogP contribution < -0.4 is 16.0 Å². The number of rotatable bonds is 6. The predicted octanol–water partition coefficient (Wildman–Crippen LogP) is 1.05. The second kappa shape index (κ2) is 10.1. The minimum Gasteiger partial charge on any atom is -0.357 e. The Hall–Kier alpha value is -1.91. The Morgan fingerprint density at radius 1 is 1.29 bits per heavy atom. The number of carbonyl (C=O) groups excluding carboxylic acids is 2. The predicted molar refractivity (Wildman–Crippen MR) is 99.7 cm³/mol. The summed E-state index contributed by atoms with van der Waals surface area (Å²) in [5.74, 6) is 0.0604. The summed E-state index contributed by atoms with van der Waals surface area (Å²) in [6, 6.07) is 5.77. The van der Waals surface area contributed by atoms with Crippen LogP contribution in [0.25, 0.3) is 0 Å². The Morgan fingerprint density at radius 3 is 2.58 bits per heavy atom. The van der Waals surface area contributed by atoms with Crippen molar-refractivity contribution in [1.29, 1.82) is 0 Å². The standard InChI is InChI=1S/C15H20FN5O2.HI/c1-2-17-14(19-9-11-3-5-12(16)6-4-11)18-7-8-21-13(22)10-20-15(21)23;/h3-6H,2,7-10H2,1H3,(H,20,23)(H2,17,18,19);1H. The number of hydrogen-bond acceptors (Lipinski definition) is 3. The molecule has 1 heterocycles. The van der Waals surface area contributed by atoms with Gasteiger partial charge in [0.25, 0.3) is 0 Å². The first-order valence-electron chi connectivity index (χ1n) is 7.45. The Balaban J connectivity index is 0.00000288. The Kier molecular flexibility index (Phi) is 8.44. The van der Waals surface area contributed by atoms with Crippen molar-refractivity contribution in [3.05, 3.63) is 35.6 Å². The summed E-state index contributed by atoms with van der Waals surface area (Å²) in [5, 5.41) is 8.60. The molecule has 1 fully saturated rings. The van der Waals surface area contributed by atoms with Crippen LogP contribution in [0.4, 0.5) is 9.18 Å². The van der Waals surface area contributed by atoms with Crippen molar-refractivity contribution >= 4 is 41.9 Å². The average Bonchev–Trinajstić information content (AvgIpc) is 2.86. The lowest BCUT2D eigenvalue weighted by atomic mass is 10.2. The molecule has 24 heavy (non-hydrogen) atoms. The summed E-state index contributed by atoms with van der Waals surface area (Å²) < 4.78 is 12.9. The van der Waals surface area contributed by atoms with Crippen molar-refractivity contribution in [2.24, 2.45) is 4.99 Å². The number of imide groups is 1. The highest BCUT2D eigenvalue weighted by Crippen LogP contribution is 2.03. The first kappa shape index (κ1) is 20.1. The molecule has 3 N–H and O–H groups in total. The maximum absolute atomic E-state index is 12.9. The van der Waals surface area contributed by atoms with Gasteiger partial charge in [0.15, 0.2) is 5.96 Å². The van der Waals surface area contributed by atoms with Crippen LogP contribution in [0.1, 0.15) is 12.5 Å². The normalized spacial score (nSPS) is 14.2. The third-order valence-corrected chi connectivity index (χ3v) is 3.24. The highest BCUT2D eigenvalue weighted by Gasteiger charge is 2.27. The molecule has 1 aromatic carbocycles. The molecule has 0 unspecified atom stereocenters. The smallest absolute Gasteiger partial charge is 0.324 e. The van der Waals surface area contributed by atoms with Crippen LogP contribution in [0.15, 0.2) is 29.3 Å². The van der Waals surface area contributed by atoms with Gasteiger partial charge in [-0.1, -0.05) is 12.1 Å². The summed E-state index contributed by atoms with van der Waals surface area (Å²) in [6.07, 6.45) is 0. The summed E-state index contributed by atoms with van der Waals surface area (Å²) in [6.45, 7) is 3.74. The minimum absolute atomic E-state index is 0. The molecular formula is C15H21FIN5O2. The van der Waals surface area contributed by atoms with Crippen LogP contribution in [0, 0.1) is 5.82 Å². The third-order valence-electron chi connectivity index (χ3n) is 3.24. The van der Waals surface area contributed by atoms with Gasteiger partial charge in [0.1, 0.15) is 5.82 Å². The maximum Gasteiger partial charge on any atom is 0.324 e. The largest absolute Gasteiger partial charge is 0.357 e. The molecule has 0 radical (unpaired) electrons. The van der Waals surface area contributed by atoms with Crippen LogP contribution in [-0.2, 0) is 11.3 Å². The summed E-state index contributed by atoms with van der Waals surface area (Å²) in [4.78, 5) is 28.4. The molecule has 1 aliphatic rings. The van der Waals surface area contributed by atoms with Gasteiger partial charge in [-0.25, -0.2) is 14.2 Å². The lowest BCUT2D eigenvalue weighted by molar-refractivity contribution is -0.124. The highest BCUT2D eigenvalue weighted by atomic mass is 127. The van der Waals surface area contributed by atoms with Crippen molar-refractivity contribution < 1.29 is 14.0 Å². The van der Waals surface area contributed by atoms with E-state index in [1.54, 1.807) is 12.1 Å². The number of guanidine groups is 1. The van der Waals surface area contributed by atoms with E-state index in [-0.39, 0.29) is 54.8 Å². The van der Waals surface area contributed by atoms with Crippen LogP contribution in [-0.4, -0.2) is 49.0 Å². The highest BCUT2D eigenvalue weighted by molar-refractivity contribution is 14.0. The third kappa shape index (κ3) is 5.95. The number of amides is 3. The molecule has 0 bridgehead atoms. The number of benzene rings is 1. The Bertz CT molecular complexity index is 578. The number of hydrogen-bond donors (Lipinski definition) is 3. The van der Waals surface area contributed by atoms with Crippen molar-refractivity contribution in [2.75, 3.05) is 26.2 Å². The monoisotopic (exact) mass is 449 g/mol. The van der Waals surface area contributed by atoms with Crippen molar-refractivity contribution in [2.45, 2.75) is 13.5 Å². The number of urea groups is 1. The molecule has 0 saturated carbocycles. The molecule has 2 rings (SSSR count). The fourth-order valence-corrected chi connectivity index (χ4v) is 2.07.